The predicted molar refractivity (Wildman–Crippen MR) is 102 cm³/mol. The van der Waals surface area contributed by atoms with Gasteiger partial charge in [-0.3, -0.25) is 9.69 Å². The van der Waals surface area contributed by atoms with Crippen LogP contribution in [0.1, 0.15) is 27.3 Å². The average molecular weight is 379 g/mol. The molecule has 0 saturated heterocycles. The minimum Gasteiger partial charge on any atom is -0.493 e. The van der Waals surface area contributed by atoms with Crippen LogP contribution in [0.15, 0.2) is 54.9 Å². The number of aromatic nitrogens is 2. The number of aliphatic hydroxyl groups is 1. The average Bonchev–Trinajstić information content (AvgIpc) is 3.34. The first-order valence-corrected chi connectivity index (χ1v) is 8.94. The second-order valence-electron chi connectivity index (χ2n) is 6.55. The number of imidazole rings is 1. The summed E-state index contributed by atoms with van der Waals surface area (Å²) in [5, 5.41) is 11.6. The fourth-order valence-electron chi connectivity index (χ4n) is 3.66. The summed E-state index contributed by atoms with van der Waals surface area (Å²) in [4.78, 5) is 21.7. The van der Waals surface area contributed by atoms with Crippen LogP contribution in [0.2, 0.25) is 0 Å². The number of carbonyl (C=O) groups is 1. The number of ether oxygens (including phenoxy) is 2. The maximum Gasteiger partial charge on any atom is 0.257 e. The summed E-state index contributed by atoms with van der Waals surface area (Å²) in [5.74, 6) is 1.36. The van der Waals surface area contributed by atoms with Gasteiger partial charge in [0.2, 0.25) is 5.72 Å². The Balaban J connectivity index is 1.66. The standard InChI is InChI=1S/C21H21N3O4/c1-27-17-8-7-14(13-18(17)28-2)9-12-24-19(25)15-5-3-4-6-16(15)21(24,26)20-22-10-11-23-20/h3-8,10-11,13,26H,9,12H2,1-2H3,(H,22,23)/t21-/m0/s1. The first-order chi connectivity index (χ1) is 13.6. The Bertz CT molecular complexity index is 1000. The summed E-state index contributed by atoms with van der Waals surface area (Å²) in [6.45, 7) is 0.306. The zero-order valence-corrected chi connectivity index (χ0v) is 15.7. The Kier molecular flexibility index (Phi) is 4.52. The van der Waals surface area contributed by atoms with Crippen LogP contribution in [-0.4, -0.2) is 46.6 Å². The van der Waals surface area contributed by atoms with Gasteiger partial charge in [0.25, 0.3) is 5.91 Å². The van der Waals surface area contributed by atoms with Crippen LogP contribution in [0.3, 0.4) is 0 Å². The molecule has 2 aromatic carbocycles. The molecule has 0 saturated carbocycles. The van der Waals surface area contributed by atoms with Crippen LogP contribution in [0.5, 0.6) is 11.5 Å². The summed E-state index contributed by atoms with van der Waals surface area (Å²) >= 11 is 0. The van der Waals surface area contributed by atoms with E-state index >= 15 is 0 Å². The molecule has 1 aliphatic heterocycles. The maximum absolute atomic E-state index is 13.0. The second-order valence-corrected chi connectivity index (χ2v) is 6.55. The van der Waals surface area contributed by atoms with Crippen LogP contribution in [0, 0.1) is 0 Å². The Hall–Kier alpha value is -3.32. The van der Waals surface area contributed by atoms with Crippen molar-refractivity contribution in [3.05, 3.63) is 77.4 Å². The predicted octanol–water partition coefficient (Wildman–Crippen LogP) is 2.32. The molecule has 0 fully saturated rings. The van der Waals surface area contributed by atoms with E-state index in [1.54, 1.807) is 50.9 Å². The van der Waals surface area contributed by atoms with Crippen LogP contribution in [0.25, 0.3) is 0 Å². The molecule has 28 heavy (non-hydrogen) atoms. The van der Waals surface area contributed by atoms with Gasteiger partial charge in [-0.25, -0.2) is 4.98 Å². The lowest BCUT2D eigenvalue weighted by molar-refractivity contribution is -0.0553. The molecule has 1 aromatic heterocycles. The first kappa shape index (κ1) is 18.1. The number of hydrogen-bond donors (Lipinski definition) is 2. The third kappa shape index (κ3) is 2.71. The topological polar surface area (TPSA) is 87.7 Å². The van der Waals surface area contributed by atoms with E-state index in [0.29, 0.717) is 41.4 Å². The fraction of sp³-hybridized carbons (Fsp3) is 0.238. The van der Waals surface area contributed by atoms with Crippen molar-refractivity contribution < 1.29 is 19.4 Å². The molecule has 144 valence electrons. The van der Waals surface area contributed by atoms with Crippen molar-refractivity contribution in [2.75, 3.05) is 20.8 Å². The molecule has 2 N–H and O–H groups in total. The number of hydrogen-bond acceptors (Lipinski definition) is 5. The highest BCUT2D eigenvalue weighted by Crippen LogP contribution is 2.40. The van der Waals surface area contributed by atoms with Crippen LogP contribution in [0.4, 0.5) is 0 Å². The van der Waals surface area contributed by atoms with Crippen molar-refractivity contribution in [2.24, 2.45) is 0 Å². The lowest BCUT2D eigenvalue weighted by Crippen LogP contribution is -2.46. The van der Waals surface area contributed by atoms with E-state index in [1.165, 1.54) is 4.90 Å². The van der Waals surface area contributed by atoms with E-state index in [0.717, 1.165) is 5.56 Å². The molecule has 1 atom stereocenters. The van der Waals surface area contributed by atoms with E-state index in [2.05, 4.69) is 9.97 Å². The Morgan fingerprint density at radius 2 is 1.93 bits per heavy atom. The van der Waals surface area contributed by atoms with E-state index < -0.39 is 5.72 Å². The van der Waals surface area contributed by atoms with Crippen molar-refractivity contribution in [3.8, 4) is 11.5 Å². The lowest BCUT2D eigenvalue weighted by atomic mass is 10.0. The van der Waals surface area contributed by atoms with E-state index in [1.807, 2.05) is 18.2 Å². The monoisotopic (exact) mass is 379 g/mol. The molecule has 0 bridgehead atoms. The summed E-state index contributed by atoms with van der Waals surface area (Å²) in [6, 6.07) is 12.7. The van der Waals surface area contributed by atoms with Gasteiger partial charge in [-0.05, 0) is 30.2 Å². The van der Waals surface area contributed by atoms with Crippen molar-refractivity contribution in [1.29, 1.82) is 0 Å². The van der Waals surface area contributed by atoms with Crippen LogP contribution < -0.4 is 9.47 Å². The number of nitrogens with one attached hydrogen (secondary N) is 1. The third-order valence-electron chi connectivity index (χ3n) is 5.07. The zero-order valence-electron chi connectivity index (χ0n) is 15.7. The number of carbonyl (C=O) groups excluding carboxylic acids is 1. The molecule has 0 aliphatic carbocycles. The van der Waals surface area contributed by atoms with Gasteiger partial charge in [0.1, 0.15) is 0 Å². The van der Waals surface area contributed by atoms with Crippen molar-refractivity contribution >= 4 is 5.91 Å². The summed E-state index contributed by atoms with van der Waals surface area (Å²) in [5.41, 5.74) is 0.340. The lowest BCUT2D eigenvalue weighted by Gasteiger charge is -2.32. The maximum atomic E-state index is 13.0. The normalized spacial score (nSPS) is 18.2. The number of aromatic amines is 1. The van der Waals surface area contributed by atoms with Gasteiger partial charge >= 0.3 is 0 Å². The third-order valence-corrected chi connectivity index (χ3v) is 5.07. The molecule has 0 radical (unpaired) electrons. The molecule has 0 spiro atoms. The van der Waals surface area contributed by atoms with Gasteiger partial charge < -0.3 is 19.6 Å². The number of rotatable bonds is 6. The Morgan fingerprint density at radius 3 is 2.64 bits per heavy atom. The molecule has 7 heteroatoms. The van der Waals surface area contributed by atoms with Crippen LogP contribution in [-0.2, 0) is 12.1 Å². The molecule has 7 nitrogen and oxygen atoms in total. The van der Waals surface area contributed by atoms with Gasteiger partial charge in [-0.1, -0.05) is 24.3 Å². The molecular weight excluding hydrogens is 358 g/mol. The molecule has 2 heterocycles. The zero-order chi connectivity index (χ0) is 19.7. The highest BCUT2D eigenvalue weighted by Gasteiger charge is 2.51. The Morgan fingerprint density at radius 1 is 1.14 bits per heavy atom. The van der Waals surface area contributed by atoms with Crippen molar-refractivity contribution in [2.45, 2.75) is 12.1 Å². The minimum atomic E-state index is -1.63. The fourth-order valence-corrected chi connectivity index (χ4v) is 3.66. The van der Waals surface area contributed by atoms with E-state index in [4.69, 9.17) is 9.47 Å². The molecule has 3 aromatic rings. The van der Waals surface area contributed by atoms with E-state index in [-0.39, 0.29) is 5.91 Å². The highest BCUT2D eigenvalue weighted by atomic mass is 16.5. The molecule has 0 unspecified atom stereocenters. The minimum absolute atomic E-state index is 0.227. The SMILES string of the molecule is COc1ccc(CCN2C(=O)c3ccccc3[C@]2(O)c2ncc[nH]2)cc1OC. The number of benzene rings is 2. The van der Waals surface area contributed by atoms with Gasteiger partial charge in [-0.15, -0.1) is 0 Å². The first-order valence-electron chi connectivity index (χ1n) is 8.94. The van der Waals surface area contributed by atoms with E-state index in [9.17, 15) is 9.90 Å². The molecule has 1 aliphatic rings. The number of H-pyrrole nitrogens is 1. The number of fused-ring (bicyclic) bond motifs is 1. The smallest absolute Gasteiger partial charge is 0.257 e. The van der Waals surface area contributed by atoms with Gasteiger partial charge in [-0.2, -0.15) is 0 Å². The van der Waals surface area contributed by atoms with Crippen LogP contribution >= 0.6 is 0 Å². The quantitative estimate of drug-likeness (QED) is 0.686. The second kappa shape index (κ2) is 7.01. The number of nitrogens with zero attached hydrogens (tertiary/aromatic N) is 2. The number of amides is 1. The Labute approximate surface area is 162 Å². The number of methoxy groups -OCH3 is 2. The van der Waals surface area contributed by atoms with Gasteiger partial charge in [0.15, 0.2) is 17.3 Å². The highest BCUT2D eigenvalue weighted by molar-refractivity contribution is 6.00. The summed E-state index contributed by atoms with van der Waals surface area (Å²) in [7, 11) is 3.17. The molecule has 1 amide bonds. The molecule has 4 rings (SSSR count). The molecular formula is C21H21N3O4. The largest absolute Gasteiger partial charge is 0.493 e. The van der Waals surface area contributed by atoms with Crippen molar-refractivity contribution in [1.82, 2.24) is 14.9 Å². The summed E-state index contributed by atoms with van der Waals surface area (Å²) in [6.07, 6.45) is 3.72. The van der Waals surface area contributed by atoms with Gasteiger partial charge in [0, 0.05) is 30.1 Å². The van der Waals surface area contributed by atoms with Crippen molar-refractivity contribution in [3.63, 3.8) is 0 Å². The van der Waals surface area contributed by atoms with Gasteiger partial charge in [0.05, 0.1) is 14.2 Å². The summed E-state index contributed by atoms with van der Waals surface area (Å²) < 4.78 is 10.6.